The lowest BCUT2D eigenvalue weighted by Gasteiger charge is -2.16. The molecule has 1 unspecified atom stereocenters. The van der Waals surface area contributed by atoms with E-state index in [4.69, 9.17) is 9.94 Å². The molecule has 3 N–H and O–H groups in total. The number of benzene rings is 3. The molecule has 32 heavy (non-hydrogen) atoms. The molecule has 0 aromatic heterocycles. The van der Waals surface area contributed by atoms with Crippen LogP contribution in [0.4, 0.5) is 0 Å². The van der Waals surface area contributed by atoms with Crippen molar-refractivity contribution in [2.45, 2.75) is 45.1 Å². The molecular weight excluding hydrogens is 400 g/mol. The zero-order valence-corrected chi connectivity index (χ0v) is 18.3. The van der Waals surface area contributed by atoms with Crippen LogP contribution in [0.25, 0.3) is 11.1 Å². The second-order valence-electron chi connectivity index (χ2n) is 8.26. The summed E-state index contributed by atoms with van der Waals surface area (Å²) in [6.07, 6.45) is 2.92. The molecule has 0 bridgehead atoms. The lowest BCUT2D eigenvalue weighted by Crippen LogP contribution is -2.24. The van der Waals surface area contributed by atoms with Gasteiger partial charge in [0.15, 0.2) is 0 Å². The van der Waals surface area contributed by atoms with Crippen LogP contribution in [0.15, 0.2) is 78.9 Å². The average Bonchev–Trinajstić information content (AvgIpc) is 3.15. The van der Waals surface area contributed by atoms with Gasteiger partial charge in [0.2, 0.25) is 12.1 Å². The Hall–Kier alpha value is -2.99. The lowest BCUT2D eigenvalue weighted by atomic mass is 10.0. The van der Waals surface area contributed by atoms with Gasteiger partial charge in [0, 0.05) is 19.5 Å². The molecule has 5 nitrogen and oxygen atoms in total. The molecule has 4 rings (SSSR count). The minimum Gasteiger partial charge on any atom is -0.427 e. The average molecular weight is 432 g/mol. The van der Waals surface area contributed by atoms with Crippen LogP contribution >= 0.6 is 0 Å². The third kappa shape index (κ3) is 5.82. The van der Waals surface area contributed by atoms with Crippen molar-refractivity contribution >= 4 is 5.91 Å². The Morgan fingerprint density at radius 2 is 1.69 bits per heavy atom. The van der Waals surface area contributed by atoms with Crippen LogP contribution in [0, 0.1) is 0 Å². The molecular formula is C27H31N2O3+. The van der Waals surface area contributed by atoms with E-state index in [9.17, 15) is 4.79 Å². The van der Waals surface area contributed by atoms with E-state index in [1.165, 1.54) is 16.7 Å². The summed E-state index contributed by atoms with van der Waals surface area (Å²) < 4.78 is 0. The number of fused-ring (bicyclic) bond motifs is 1. The first-order chi connectivity index (χ1) is 15.7. The highest BCUT2D eigenvalue weighted by Crippen LogP contribution is 2.34. The first-order valence-corrected chi connectivity index (χ1v) is 11.3. The van der Waals surface area contributed by atoms with E-state index in [2.05, 4.69) is 52.8 Å². The monoisotopic (exact) mass is 431 g/mol. The second-order valence-corrected chi connectivity index (χ2v) is 8.26. The molecule has 0 fully saturated rings. The molecule has 1 atom stereocenters. The second kappa shape index (κ2) is 11.0. The Morgan fingerprint density at radius 3 is 2.47 bits per heavy atom. The summed E-state index contributed by atoms with van der Waals surface area (Å²) in [5.41, 5.74) is 8.33. The Bertz CT molecular complexity index is 1010. The van der Waals surface area contributed by atoms with Crippen molar-refractivity contribution in [1.29, 1.82) is 0 Å². The molecule has 166 valence electrons. The predicted octanol–water partition coefficient (Wildman–Crippen LogP) is 4.70. The van der Waals surface area contributed by atoms with Crippen molar-refractivity contribution in [3.05, 3.63) is 95.6 Å². The van der Waals surface area contributed by atoms with E-state index in [1.807, 2.05) is 36.4 Å². The van der Waals surface area contributed by atoms with Crippen molar-refractivity contribution in [2.24, 2.45) is 0 Å². The van der Waals surface area contributed by atoms with E-state index in [-0.39, 0.29) is 12.1 Å². The van der Waals surface area contributed by atoms with Crippen molar-refractivity contribution in [3.63, 3.8) is 0 Å². The zero-order chi connectivity index (χ0) is 22.2. The SMILES string of the molecule is O=C(CCCCCN1Cc2cc(-c3ccccc3)ccc2C1[OH2+])NOCc1ccccc1. The fraction of sp³-hybridized carbons (Fsp3) is 0.296. The van der Waals surface area contributed by atoms with Crippen LogP contribution in [0.3, 0.4) is 0 Å². The summed E-state index contributed by atoms with van der Waals surface area (Å²) >= 11 is 0. The Kier molecular flexibility index (Phi) is 7.67. The summed E-state index contributed by atoms with van der Waals surface area (Å²) in [6, 6.07) is 26.6. The maximum atomic E-state index is 11.9. The van der Waals surface area contributed by atoms with E-state index in [0.29, 0.717) is 13.0 Å². The molecule has 1 aliphatic rings. The molecule has 0 aliphatic carbocycles. The van der Waals surface area contributed by atoms with Crippen LogP contribution in [0.5, 0.6) is 0 Å². The van der Waals surface area contributed by atoms with Crippen molar-refractivity contribution in [3.8, 4) is 11.1 Å². The van der Waals surface area contributed by atoms with E-state index < -0.39 is 0 Å². The van der Waals surface area contributed by atoms with E-state index in [0.717, 1.165) is 43.5 Å². The van der Waals surface area contributed by atoms with Crippen LogP contribution < -0.4 is 5.48 Å². The number of hydrogen-bond acceptors (Lipinski definition) is 3. The molecule has 3 aromatic carbocycles. The van der Waals surface area contributed by atoms with Crippen LogP contribution in [0.2, 0.25) is 0 Å². The Labute approximate surface area is 189 Å². The Morgan fingerprint density at radius 1 is 0.938 bits per heavy atom. The van der Waals surface area contributed by atoms with Gasteiger partial charge in [-0.15, -0.1) is 0 Å². The van der Waals surface area contributed by atoms with Gasteiger partial charge in [0.1, 0.15) is 0 Å². The number of hydroxylamine groups is 1. The van der Waals surface area contributed by atoms with Crippen LogP contribution in [-0.2, 0) is 22.8 Å². The van der Waals surface area contributed by atoms with Gasteiger partial charge in [-0.2, -0.15) is 0 Å². The summed E-state index contributed by atoms with van der Waals surface area (Å²) in [7, 11) is 0. The maximum absolute atomic E-state index is 11.9. The van der Waals surface area contributed by atoms with Gasteiger partial charge >= 0.3 is 0 Å². The summed E-state index contributed by atoms with van der Waals surface area (Å²) in [5, 5.41) is 8.59. The molecule has 1 aliphatic heterocycles. The number of carbonyl (C=O) groups excluding carboxylic acids is 1. The van der Waals surface area contributed by atoms with Gasteiger partial charge < -0.3 is 5.11 Å². The normalized spacial score (nSPS) is 15.5. The van der Waals surface area contributed by atoms with Gasteiger partial charge in [0.25, 0.3) is 0 Å². The minimum atomic E-state index is -0.301. The van der Waals surface area contributed by atoms with Crippen molar-refractivity contribution in [2.75, 3.05) is 6.54 Å². The Balaban J connectivity index is 1.15. The first kappa shape index (κ1) is 22.2. The van der Waals surface area contributed by atoms with Crippen molar-refractivity contribution < 1.29 is 14.7 Å². The zero-order valence-electron chi connectivity index (χ0n) is 18.3. The number of rotatable bonds is 10. The maximum Gasteiger partial charge on any atom is 0.243 e. The highest BCUT2D eigenvalue weighted by molar-refractivity contribution is 5.74. The fourth-order valence-electron chi connectivity index (χ4n) is 4.14. The van der Waals surface area contributed by atoms with Crippen molar-refractivity contribution in [1.82, 2.24) is 10.4 Å². The highest BCUT2D eigenvalue weighted by atomic mass is 16.6. The standard InChI is InChI=1S/C27H30N2O3/c30-26(28-32-20-21-10-4-1-5-11-21)14-8-3-9-17-29-19-24-18-23(15-16-25(24)27(29)31)22-12-6-2-7-13-22/h1-2,4-7,10-13,15-16,18,27,31H,3,8-9,14,17,19-20H2,(H,28,30)/p+1. The van der Waals surface area contributed by atoms with Gasteiger partial charge in [-0.1, -0.05) is 73.2 Å². The summed E-state index contributed by atoms with van der Waals surface area (Å²) in [4.78, 5) is 19.4. The first-order valence-electron chi connectivity index (χ1n) is 11.3. The molecule has 5 heteroatoms. The smallest absolute Gasteiger partial charge is 0.243 e. The van der Waals surface area contributed by atoms with E-state index >= 15 is 0 Å². The number of carbonyl (C=O) groups is 1. The lowest BCUT2D eigenvalue weighted by molar-refractivity contribution is -0.134. The molecule has 0 spiro atoms. The topological polar surface area (TPSA) is 64.5 Å². The molecule has 1 amide bonds. The van der Waals surface area contributed by atoms with E-state index in [1.54, 1.807) is 0 Å². The largest absolute Gasteiger partial charge is 0.427 e. The number of amides is 1. The quantitative estimate of drug-likeness (QED) is 0.287. The summed E-state index contributed by atoms with van der Waals surface area (Å²) in [6.45, 7) is 2.06. The third-order valence-corrected chi connectivity index (χ3v) is 5.90. The number of nitrogens with one attached hydrogen (secondary N) is 1. The van der Waals surface area contributed by atoms with Gasteiger partial charge in [-0.3, -0.25) is 9.63 Å². The van der Waals surface area contributed by atoms with Gasteiger partial charge in [-0.25, -0.2) is 10.4 Å². The predicted molar refractivity (Wildman–Crippen MR) is 126 cm³/mol. The minimum absolute atomic E-state index is 0.0821. The van der Waals surface area contributed by atoms with Crippen LogP contribution in [0.1, 0.15) is 48.6 Å². The highest BCUT2D eigenvalue weighted by Gasteiger charge is 2.31. The third-order valence-electron chi connectivity index (χ3n) is 5.90. The number of unbranched alkanes of at least 4 members (excludes halogenated alkanes) is 2. The van der Waals surface area contributed by atoms with Gasteiger partial charge in [-0.05, 0) is 47.2 Å². The molecule has 0 saturated carbocycles. The van der Waals surface area contributed by atoms with Crippen LogP contribution in [-0.4, -0.2) is 22.5 Å². The fourth-order valence-corrected chi connectivity index (χ4v) is 4.14. The summed E-state index contributed by atoms with van der Waals surface area (Å²) in [5.74, 6) is -0.0821. The number of nitrogens with zero attached hydrogens (tertiary/aromatic N) is 1. The molecule has 0 radical (unpaired) electrons. The molecule has 1 heterocycles. The molecule has 3 aromatic rings. The molecule has 0 saturated heterocycles. The number of hydrogen-bond donors (Lipinski definition) is 1. The van der Waals surface area contributed by atoms with Gasteiger partial charge in [0.05, 0.1) is 12.2 Å².